The van der Waals surface area contributed by atoms with Crippen LogP contribution in [0.1, 0.15) is 77.8 Å². The zero-order valence-corrected chi connectivity index (χ0v) is 33.8. The monoisotopic (exact) mass is 760 g/mol. The molecule has 0 aliphatic carbocycles. The first kappa shape index (κ1) is 43.6. The number of piperazine rings is 1. The van der Waals surface area contributed by atoms with E-state index in [2.05, 4.69) is 38.1 Å². The van der Waals surface area contributed by atoms with E-state index in [0.717, 1.165) is 43.9 Å². The number of Topliss-reactive ketones (excluding diaryl/α,β-unsaturated/α-hetero) is 1. The number of hydrogen-bond donors (Lipinski definition) is 4. The van der Waals surface area contributed by atoms with Crippen molar-refractivity contribution in [3.05, 3.63) is 71.8 Å². The van der Waals surface area contributed by atoms with E-state index in [4.69, 9.17) is 4.74 Å². The number of likely N-dealkylation sites (N-methyl/N-ethyl adjacent to an activating group) is 1. The van der Waals surface area contributed by atoms with Crippen molar-refractivity contribution >= 4 is 29.4 Å². The maximum absolute atomic E-state index is 14.1. The van der Waals surface area contributed by atoms with Gasteiger partial charge in [-0.1, -0.05) is 88.4 Å². The first-order valence-electron chi connectivity index (χ1n) is 20.1. The molecule has 4 rings (SSSR count). The highest BCUT2D eigenvalue weighted by atomic mass is 16.6. The summed E-state index contributed by atoms with van der Waals surface area (Å²) in [5.74, 6) is -1.70. The van der Waals surface area contributed by atoms with E-state index < -0.39 is 47.5 Å². The van der Waals surface area contributed by atoms with Gasteiger partial charge in [-0.2, -0.15) is 0 Å². The summed E-state index contributed by atoms with van der Waals surface area (Å²) < 4.78 is 5.42. The molecule has 2 saturated heterocycles. The van der Waals surface area contributed by atoms with Crippen LogP contribution in [0.2, 0.25) is 0 Å². The van der Waals surface area contributed by atoms with E-state index in [9.17, 15) is 24.0 Å². The number of aryl methyl sites for hydroxylation is 1. The number of carbonyl (C=O) groups excluding carboxylic acids is 5. The molecule has 2 aliphatic heterocycles. The Morgan fingerprint density at radius 2 is 1.20 bits per heavy atom. The molecule has 12 nitrogen and oxygen atoms in total. The Kier molecular flexibility index (Phi) is 16.8. The molecule has 0 radical (unpaired) electrons. The smallest absolute Gasteiger partial charge is 0.243 e. The van der Waals surface area contributed by atoms with Crippen molar-refractivity contribution in [2.24, 2.45) is 11.8 Å². The van der Waals surface area contributed by atoms with Crippen LogP contribution in [0.5, 0.6) is 0 Å². The lowest BCUT2D eigenvalue weighted by Crippen LogP contribution is -2.59. The van der Waals surface area contributed by atoms with E-state index in [-0.39, 0.29) is 29.9 Å². The van der Waals surface area contributed by atoms with Crippen molar-refractivity contribution in [1.29, 1.82) is 0 Å². The molecule has 0 unspecified atom stereocenters. The van der Waals surface area contributed by atoms with Gasteiger partial charge in [-0.25, -0.2) is 0 Å². The molecule has 2 heterocycles. The summed E-state index contributed by atoms with van der Waals surface area (Å²) in [7, 11) is 2.11. The van der Waals surface area contributed by atoms with Gasteiger partial charge in [0, 0.05) is 39.0 Å². The Morgan fingerprint density at radius 1 is 0.691 bits per heavy atom. The van der Waals surface area contributed by atoms with Crippen LogP contribution in [0.25, 0.3) is 0 Å². The van der Waals surface area contributed by atoms with E-state index in [1.165, 1.54) is 0 Å². The molecule has 2 aliphatic rings. The third-order valence-electron chi connectivity index (χ3n) is 10.4. The van der Waals surface area contributed by atoms with Gasteiger partial charge in [-0.3, -0.25) is 24.0 Å². The average molecular weight is 761 g/mol. The summed E-state index contributed by atoms with van der Waals surface area (Å²) >= 11 is 0. The second-order valence-electron chi connectivity index (χ2n) is 16.4. The molecule has 302 valence electrons. The van der Waals surface area contributed by atoms with Crippen molar-refractivity contribution < 1.29 is 28.7 Å². The average Bonchev–Trinajstić information content (AvgIpc) is 3.91. The lowest BCUT2D eigenvalue weighted by molar-refractivity contribution is -0.135. The van der Waals surface area contributed by atoms with Crippen molar-refractivity contribution in [1.82, 2.24) is 31.1 Å². The molecule has 2 aromatic rings. The summed E-state index contributed by atoms with van der Waals surface area (Å²) in [5.41, 5.74) is 0.939. The molecule has 4 amide bonds. The van der Waals surface area contributed by atoms with Crippen LogP contribution in [-0.4, -0.2) is 115 Å². The maximum Gasteiger partial charge on any atom is 0.243 e. The van der Waals surface area contributed by atoms with Gasteiger partial charge >= 0.3 is 0 Å². The number of benzene rings is 2. The molecule has 2 aromatic carbocycles. The molecular formula is C43H64N6O6. The molecule has 0 saturated carbocycles. The quantitative estimate of drug-likeness (QED) is 0.134. The van der Waals surface area contributed by atoms with Crippen LogP contribution < -0.4 is 21.3 Å². The summed E-state index contributed by atoms with van der Waals surface area (Å²) in [4.78, 5) is 73.4. The summed E-state index contributed by atoms with van der Waals surface area (Å²) in [5, 5.41) is 11.8. The number of carbonyl (C=O) groups is 5. The highest BCUT2D eigenvalue weighted by Gasteiger charge is 2.50. The van der Waals surface area contributed by atoms with Crippen molar-refractivity contribution in [3.8, 4) is 0 Å². The van der Waals surface area contributed by atoms with E-state index in [1.54, 1.807) is 6.92 Å². The molecule has 12 heteroatoms. The van der Waals surface area contributed by atoms with E-state index in [1.807, 2.05) is 88.4 Å². The van der Waals surface area contributed by atoms with Crippen LogP contribution in [0.15, 0.2) is 60.7 Å². The summed E-state index contributed by atoms with van der Waals surface area (Å²) in [6, 6.07) is 15.5. The summed E-state index contributed by atoms with van der Waals surface area (Å²) in [6.07, 6.45) is 2.80. The van der Waals surface area contributed by atoms with E-state index >= 15 is 0 Å². The number of hydrogen-bond acceptors (Lipinski definition) is 8. The Hall–Kier alpha value is -4.13. The molecule has 2 fully saturated rings. The van der Waals surface area contributed by atoms with Gasteiger partial charge in [0.2, 0.25) is 23.6 Å². The molecule has 55 heavy (non-hydrogen) atoms. The van der Waals surface area contributed by atoms with Gasteiger partial charge in [0.05, 0.1) is 12.6 Å². The minimum Gasteiger partial charge on any atom is -0.361 e. The number of ketones is 1. The minimum atomic E-state index is -1.02. The predicted molar refractivity (Wildman–Crippen MR) is 214 cm³/mol. The van der Waals surface area contributed by atoms with Crippen LogP contribution >= 0.6 is 0 Å². The molecule has 0 spiro atoms. The number of nitrogens with zero attached hydrogens (tertiary/aromatic N) is 2. The van der Waals surface area contributed by atoms with Gasteiger partial charge in [-0.15, -0.1) is 0 Å². The zero-order chi connectivity index (χ0) is 40.0. The fraction of sp³-hybridized carbons (Fsp3) is 0.605. The molecule has 4 N–H and O–H groups in total. The first-order chi connectivity index (χ1) is 26.2. The SMILES string of the molecule is CC(C)C[C@H](NC(=O)[C@H](CCc1ccccc1)NC(=O)CCCN1CCN(C)CC1)C(=O)N[C@@H](Cc1ccccc1)C(=O)N[C@@H](CC(C)C)C(=O)[C@@]1(C)CO1. The normalized spacial score (nSPS) is 19.6. The molecular weight excluding hydrogens is 697 g/mol. The van der Waals surface area contributed by atoms with Gasteiger partial charge in [0.15, 0.2) is 5.78 Å². The van der Waals surface area contributed by atoms with Crippen LogP contribution in [0.3, 0.4) is 0 Å². The van der Waals surface area contributed by atoms with Crippen molar-refractivity contribution in [3.63, 3.8) is 0 Å². The minimum absolute atomic E-state index is 0.0247. The Balaban J connectivity index is 1.47. The zero-order valence-electron chi connectivity index (χ0n) is 33.8. The number of epoxide rings is 1. The number of amides is 4. The lowest BCUT2D eigenvalue weighted by Gasteiger charge is -2.32. The second kappa shape index (κ2) is 21.2. The summed E-state index contributed by atoms with van der Waals surface area (Å²) in [6.45, 7) is 14.7. The van der Waals surface area contributed by atoms with Gasteiger partial charge in [0.1, 0.15) is 23.7 Å². The Bertz CT molecular complexity index is 1540. The lowest BCUT2D eigenvalue weighted by atomic mass is 9.93. The molecule has 0 bridgehead atoms. The molecule has 5 atom stereocenters. The van der Waals surface area contributed by atoms with Crippen LogP contribution in [0.4, 0.5) is 0 Å². The maximum atomic E-state index is 14.1. The first-order valence-corrected chi connectivity index (χ1v) is 20.1. The number of ether oxygens (including phenoxy) is 1. The third kappa shape index (κ3) is 14.8. The standard InChI is InChI=1S/C43H64N6O6/c1-30(2)26-35(39(51)43(5)29-55-43)45-42(54)37(28-33-16-11-8-12-17-33)47-41(53)36(27-31(3)4)46-40(52)34(20-19-32-14-9-7-10-15-32)44-38(50)18-13-21-49-24-22-48(6)23-25-49/h7-12,14-17,30-31,34-37H,13,18-29H2,1-6H3,(H,44,50)(H,45,54)(H,46,52)(H,47,53)/t34-,35-,36-,37-,43+/m0/s1. The van der Waals surface area contributed by atoms with Crippen LogP contribution in [0, 0.1) is 11.8 Å². The van der Waals surface area contributed by atoms with Crippen molar-refractivity contribution in [2.45, 2.75) is 109 Å². The number of rotatable bonds is 22. The Morgan fingerprint density at radius 3 is 1.78 bits per heavy atom. The number of nitrogens with one attached hydrogen (secondary N) is 4. The molecule has 0 aromatic heterocycles. The second-order valence-corrected chi connectivity index (χ2v) is 16.4. The predicted octanol–water partition coefficient (Wildman–Crippen LogP) is 3.28. The van der Waals surface area contributed by atoms with Crippen molar-refractivity contribution in [2.75, 3.05) is 46.4 Å². The fourth-order valence-corrected chi connectivity index (χ4v) is 6.93. The van der Waals surface area contributed by atoms with Gasteiger partial charge in [0.25, 0.3) is 0 Å². The van der Waals surface area contributed by atoms with Gasteiger partial charge < -0.3 is 35.8 Å². The topological polar surface area (TPSA) is 152 Å². The highest BCUT2D eigenvalue weighted by Crippen LogP contribution is 2.29. The largest absolute Gasteiger partial charge is 0.361 e. The third-order valence-corrected chi connectivity index (χ3v) is 10.4. The Labute approximate surface area is 327 Å². The van der Waals surface area contributed by atoms with Gasteiger partial charge in [-0.05, 0) is 75.6 Å². The van der Waals surface area contributed by atoms with Crippen LogP contribution in [-0.2, 0) is 41.6 Å². The fourth-order valence-electron chi connectivity index (χ4n) is 6.93. The highest BCUT2D eigenvalue weighted by molar-refractivity contribution is 5.98. The van der Waals surface area contributed by atoms with E-state index in [0.29, 0.717) is 45.1 Å².